The molecule has 0 heterocycles. The Morgan fingerprint density at radius 3 is 1.23 bits per heavy atom. The molecule has 1 unspecified atom stereocenters. The lowest BCUT2D eigenvalue weighted by Crippen LogP contribution is -2.00. The minimum Gasteiger partial charge on any atom is -0.478 e. The highest BCUT2D eigenvalue weighted by atomic mass is 35.5. The summed E-state index contributed by atoms with van der Waals surface area (Å²) in [4.78, 5) is 31.9. The van der Waals surface area contributed by atoms with Gasteiger partial charge in [0, 0.05) is 5.56 Å². The smallest absolute Gasteiger partial charge is 0.337 e. The number of carbonyl (C=O) groups is 3. The SMILES string of the molecule is C.COC(=O)c1ccc(OCF)cc1.O.O=C(Cl)c1ccc(OCF)cc1.O=C(O)c1ccc(OCF)cc1.P. The molecule has 9 nitrogen and oxygen atoms in total. The fourth-order valence-corrected chi connectivity index (χ4v) is 2.50. The van der Waals surface area contributed by atoms with Crippen LogP contribution < -0.4 is 14.2 Å². The Morgan fingerprint density at radius 1 is 0.675 bits per heavy atom. The first kappa shape index (κ1) is 40.6. The van der Waals surface area contributed by atoms with E-state index in [1.165, 1.54) is 79.9 Å². The summed E-state index contributed by atoms with van der Waals surface area (Å²) in [6.07, 6.45) is 0. The van der Waals surface area contributed by atoms with Crippen molar-refractivity contribution in [3.05, 3.63) is 89.5 Å². The molecule has 0 saturated heterocycles. The highest BCUT2D eigenvalue weighted by molar-refractivity contribution is 6.92. The standard InChI is InChI=1S/C9H9FO3.C8H6ClFO2.C8H7FO3.CH4.H2O.H3P/c1-12-9(11)7-2-4-8(5-3-7)13-6-10;9-8(11)6-1-3-7(4-2-6)12-5-10;9-5-12-7-3-1-6(2-4-7)8(10)11;;;/h2-5H,6H2,1H3;1-4H,5H2;1-4H,5H2,(H,10,11);1H4;1H2;1H3. The second-order valence-electron chi connectivity index (χ2n) is 6.40. The third-order valence-corrected chi connectivity index (χ3v) is 4.34. The van der Waals surface area contributed by atoms with Gasteiger partial charge in [-0.1, -0.05) is 7.43 Å². The summed E-state index contributed by atoms with van der Waals surface area (Å²) in [5, 5.41) is 7.95. The zero-order valence-corrected chi connectivity index (χ0v) is 22.7. The quantitative estimate of drug-likeness (QED) is 0.185. The number of carboxylic acids is 1. The highest BCUT2D eigenvalue weighted by Crippen LogP contribution is 2.14. The summed E-state index contributed by atoms with van der Waals surface area (Å²) in [6, 6.07) is 17.5. The Labute approximate surface area is 237 Å². The van der Waals surface area contributed by atoms with Crippen LogP contribution in [0.1, 0.15) is 38.5 Å². The molecule has 222 valence electrons. The van der Waals surface area contributed by atoms with Gasteiger partial charge >= 0.3 is 11.9 Å². The first-order chi connectivity index (χ1) is 17.7. The Morgan fingerprint density at radius 2 is 0.975 bits per heavy atom. The molecular weight excluding hydrogens is 580 g/mol. The number of methoxy groups -OCH3 is 1. The van der Waals surface area contributed by atoms with Gasteiger partial charge in [-0.2, -0.15) is 9.90 Å². The van der Waals surface area contributed by atoms with Crippen molar-refractivity contribution in [1.29, 1.82) is 0 Å². The van der Waals surface area contributed by atoms with Crippen LogP contribution in [0.4, 0.5) is 13.2 Å². The molecule has 0 aliphatic rings. The van der Waals surface area contributed by atoms with Gasteiger partial charge in [0.15, 0.2) is 0 Å². The first-order valence-corrected chi connectivity index (χ1v) is 10.5. The minimum atomic E-state index is -1.01. The van der Waals surface area contributed by atoms with Crippen LogP contribution in [0, 0.1) is 0 Å². The molecule has 0 aliphatic carbocycles. The van der Waals surface area contributed by atoms with E-state index in [-0.39, 0.29) is 28.4 Å². The fraction of sp³-hybridized carbons (Fsp3) is 0.192. The summed E-state index contributed by atoms with van der Waals surface area (Å²) in [6.45, 7) is -2.67. The third-order valence-electron chi connectivity index (χ3n) is 4.12. The molecule has 0 amide bonds. The third kappa shape index (κ3) is 15.5. The molecule has 1 atom stereocenters. The van der Waals surface area contributed by atoms with Gasteiger partial charge in [0.2, 0.25) is 20.6 Å². The zero-order valence-electron chi connectivity index (χ0n) is 20.6. The van der Waals surface area contributed by atoms with Crippen molar-refractivity contribution in [3.8, 4) is 17.2 Å². The van der Waals surface area contributed by atoms with Crippen molar-refractivity contribution in [1.82, 2.24) is 0 Å². The molecule has 3 aromatic carbocycles. The summed E-state index contributed by atoms with van der Waals surface area (Å²) >= 11 is 5.18. The number of esters is 1. The van der Waals surface area contributed by atoms with Crippen molar-refractivity contribution in [2.45, 2.75) is 7.43 Å². The number of carboxylic acid groups (broad SMARTS) is 1. The maximum absolute atomic E-state index is 11.7. The van der Waals surface area contributed by atoms with E-state index in [9.17, 15) is 27.6 Å². The van der Waals surface area contributed by atoms with Crippen molar-refractivity contribution in [2.75, 3.05) is 27.7 Å². The van der Waals surface area contributed by atoms with Gasteiger partial charge < -0.3 is 29.5 Å². The van der Waals surface area contributed by atoms with E-state index in [1.807, 2.05) is 0 Å². The molecule has 0 radical (unpaired) electrons. The minimum absolute atomic E-state index is 0. The van der Waals surface area contributed by atoms with E-state index in [1.54, 1.807) is 0 Å². The van der Waals surface area contributed by atoms with E-state index >= 15 is 0 Å². The predicted molar refractivity (Wildman–Crippen MR) is 149 cm³/mol. The topological polar surface area (TPSA) is 140 Å². The van der Waals surface area contributed by atoms with Crippen LogP contribution in [-0.4, -0.2) is 55.5 Å². The van der Waals surface area contributed by atoms with Crippen LogP contribution in [0.2, 0.25) is 0 Å². The average molecular weight is 611 g/mol. The molecule has 0 fully saturated rings. The Balaban J connectivity index is -0.000000495. The molecule has 3 aromatic rings. The van der Waals surface area contributed by atoms with Crippen LogP contribution >= 0.6 is 21.5 Å². The van der Waals surface area contributed by atoms with Gasteiger partial charge in [0.25, 0.3) is 5.24 Å². The Bertz CT molecular complexity index is 1060. The van der Waals surface area contributed by atoms with Gasteiger partial charge in [0.1, 0.15) is 17.2 Å². The molecule has 14 heteroatoms. The molecule has 0 spiro atoms. The number of hydrogen-bond acceptors (Lipinski definition) is 7. The molecule has 40 heavy (non-hydrogen) atoms. The van der Waals surface area contributed by atoms with Crippen LogP contribution in [-0.2, 0) is 4.74 Å². The molecular formula is C26H31ClF3O9P. The van der Waals surface area contributed by atoms with Crippen molar-refractivity contribution >= 4 is 38.7 Å². The second-order valence-corrected chi connectivity index (χ2v) is 6.75. The number of hydrogen-bond donors (Lipinski definition) is 1. The van der Waals surface area contributed by atoms with Gasteiger partial charge in [-0.15, -0.1) is 0 Å². The number of alkyl halides is 3. The van der Waals surface area contributed by atoms with E-state index in [4.69, 9.17) is 16.7 Å². The number of benzene rings is 3. The monoisotopic (exact) mass is 610 g/mol. The van der Waals surface area contributed by atoms with E-state index in [0.29, 0.717) is 28.4 Å². The lowest BCUT2D eigenvalue weighted by molar-refractivity contribution is 0.0599. The molecule has 0 bridgehead atoms. The van der Waals surface area contributed by atoms with Crippen molar-refractivity contribution in [3.63, 3.8) is 0 Å². The van der Waals surface area contributed by atoms with E-state index < -0.39 is 37.8 Å². The van der Waals surface area contributed by atoms with Crippen molar-refractivity contribution in [2.24, 2.45) is 0 Å². The lowest BCUT2D eigenvalue weighted by atomic mass is 10.2. The molecule has 3 N–H and O–H groups in total. The fourth-order valence-electron chi connectivity index (χ4n) is 2.37. The Kier molecular flexibility index (Phi) is 23.4. The van der Waals surface area contributed by atoms with Crippen LogP contribution in [0.15, 0.2) is 72.8 Å². The molecule has 3 rings (SSSR count). The first-order valence-electron chi connectivity index (χ1n) is 10.1. The highest BCUT2D eigenvalue weighted by Gasteiger charge is 2.04. The van der Waals surface area contributed by atoms with Crippen LogP contribution in [0.3, 0.4) is 0 Å². The normalized spacial score (nSPS) is 8.72. The summed E-state index contributed by atoms with van der Waals surface area (Å²) in [5.41, 5.74) is 0.929. The Hall–Kier alpha value is -3.86. The van der Waals surface area contributed by atoms with Crippen LogP contribution in [0.5, 0.6) is 17.2 Å². The average Bonchev–Trinajstić information content (AvgIpc) is 2.91. The number of halogens is 4. The lowest BCUT2D eigenvalue weighted by Gasteiger charge is -2.01. The molecule has 0 aromatic heterocycles. The van der Waals surface area contributed by atoms with Gasteiger partial charge in [0.05, 0.1) is 18.2 Å². The zero-order chi connectivity index (χ0) is 27.6. The molecule has 0 saturated carbocycles. The number of ether oxygens (including phenoxy) is 4. The van der Waals surface area contributed by atoms with Crippen molar-refractivity contribution < 1.29 is 57.1 Å². The number of aromatic carboxylic acids is 1. The van der Waals surface area contributed by atoms with Crippen LogP contribution in [0.25, 0.3) is 0 Å². The van der Waals surface area contributed by atoms with Gasteiger partial charge in [-0.25, -0.2) is 22.8 Å². The number of carbonyl (C=O) groups excluding carboxylic acids is 2. The van der Waals surface area contributed by atoms with E-state index in [2.05, 4.69) is 18.9 Å². The van der Waals surface area contributed by atoms with Gasteiger partial charge in [-0.3, -0.25) is 4.79 Å². The maximum atomic E-state index is 11.7. The van der Waals surface area contributed by atoms with E-state index in [0.717, 1.165) is 0 Å². The predicted octanol–water partition coefficient (Wildman–Crippen LogP) is 5.71. The largest absolute Gasteiger partial charge is 0.478 e. The molecule has 0 aliphatic heterocycles. The summed E-state index contributed by atoms with van der Waals surface area (Å²) < 4.78 is 53.0. The van der Waals surface area contributed by atoms with Gasteiger partial charge in [-0.05, 0) is 84.4 Å². The summed E-state index contributed by atoms with van der Waals surface area (Å²) in [5.74, 6) is -0.356. The summed E-state index contributed by atoms with van der Waals surface area (Å²) in [7, 11) is 1.30. The number of rotatable bonds is 9. The maximum Gasteiger partial charge on any atom is 0.337 e. The second kappa shape index (κ2) is 23.1.